The molecule has 1 heterocycles. The monoisotopic (exact) mass is 245 g/mol. The van der Waals surface area contributed by atoms with Crippen LogP contribution in [0.25, 0.3) is 11.0 Å². The summed E-state index contributed by atoms with van der Waals surface area (Å²) in [6, 6.07) is 4.39. The van der Waals surface area contributed by atoms with Gasteiger partial charge in [-0.3, -0.25) is 0 Å². The van der Waals surface area contributed by atoms with Crippen molar-refractivity contribution in [3.63, 3.8) is 0 Å². The minimum absolute atomic E-state index is 0.172. The summed E-state index contributed by atoms with van der Waals surface area (Å²) in [7, 11) is 0. The first-order valence-corrected chi connectivity index (χ1v) is 6.59. The Balaban J connectivity index is 2.19. The third-order valence-electron chi connectivity index (χ3n) is 3.13. The standard InChI is InChI=1S/C16H23NO/c1-11-8-12(2)15-14(9-11)13(10-18-15)6-7-17-16(3,4)5/h8-10,17H,6-7H2,1-5H3. The molecule has 0 fully saturated rings. The highest BCUT2D eigenvalue weighted by atomic mass is 16.3. The first-order valence-electron chi connectivity index (χ1n) is 6.59. The molecule has 0 radical (unpaired) electrons. The van der Waals surface area contributed by atoms with E-state index in [1.807, 2.05) is 6.26 Å². The molecular formula is C16H23NO. The van der Waals surface area contributed by atoms with Crippen LogP contribution in [-0.2, 0) is 6.42 Å². The minimum atomic E-state index is 0.172. The molecule has 0 aliphatic carbocycles. The smallest absolute Gasteiger partial charge is 0.137 e. The van der Waals surface area contributed by atoms with E-state index in [4.69, 9.17) is 4.42 Å². The Morgan fingerprint density at radius 1 is 1.17 bits per heavy atom. The Labute approximate surface area is 109 Å². The molecule has 0 aliphatic rings. The maximum atomic E-state index is 5.69. The van der Waals surface area contributed by atoms with Gasteiger partial charge in [0.25, 0.3) is 0 Å². The lowest BCUT2D eigenvalue weighted by molar-refractivity contribution is 0.429. The van der Waals surface area contributed by atoms with Crippen LogP contribution in [0.5, 0.6) is 0 Å². The summed E-state index contributed by atoms with van der Waals surface area (Å²) in [4.78, 5) is 0. The zero-order chi connectivity index (χ0) is 13.3. The summed E-state index contributed by atoms with van der Waals surface area (Å²) in [6.45, 7) is 11.8. The Morgan fingerprint density at radius 2 is 1.89 bits per heavy atom. The van der Waals surface area contributed by atoms with Crippen LogP contribution in [0.4, 0.5) is 0 Å². The lowest BCUT2D eigenvalue weighted by Gasteiger charge is -2.20. The molecule has 0 unspecified atom stereocenters. The quantitative estimate of drug-likeness (QED) is 0.884. The molecule has 2 rings (SSSR count). The van der Waals surface area contributed by atoms with E-state index in [0.717, 1.165) is 18.5 Å². The summed E-state index contributed by atoms with van der Waals surface area (Å²) in [5.74, 6) is 0. The van der Waals surface area contributed by atoms with Crippen molar-refractivity contribution in [3.8, 4) is 0 Å². The second kappa shape index (κ2) is 4.77. The van der Waals surface area contributed by atoms with Crippen LogP contribution < -0.4 is 5.32 Å². The van der Waals surface area contributed by atoms with E-state index in [1.54, 1.807) is 0 Å². The molecule has 2 aromatic rings. The second-order valence-corrected chi connectivity index (χ2v) is 6.15. The van der Waals surface area contributed by atoms with Gasteiger partial charge < -0.3 is 9.73 Å². The van der Waals surface area contributed by atoms with Crippen molar-refractivity contribution in [1.82, 2.24) is 5.32 Å². The molecule has 98 valence electrons. The van der Waals surface area contributed by atoms with Gasteiger partial charge in [-0.1, -0.05) is 6.07 Å². The molecule has 0 aliphatic heterocycles. The highest BCUT2D eigenvalue weighted by Gasteiger charge is 2.11. The van der Waals surface area contributed by atoms with Crippen LogP contribution in [0.15, 0.2) is 22.8 Å². The van der Waals surface area contributed by atoms with Gasteiger partial charge in [0, 0.05) is 10.9 Å². The fourth-order valence-electron chi connectivity index (χ4n) is 2.31. The van der Waals surface area contributed by atoms with Crippen LogP contribution in [-0.4, -0.2) is 12.1 Å². The van der Waals surface area contributed by atoms with Gasteiger partial charge in [-0.05, 0) is 70.3 Å². The van der Waals surface area contributed by atoms with Crippen LogP contribution in [0, 0.1) is 13.8 Å². The van der Waals surface area contributed by atoms with Gasteiger partial charge in [0.05, 0.1) is 6.26 Å². The van der Waals surface area contributed by atoms with Gasteiger partial charge in [0.2, 0.25) is 0 Å². The Hall–Kier alpha value is -1.28. The maximum absolute atomic E-state index is 5.69. The molecule has 0 bridgehead atoms. The van der Waals surface area contributed by atoms with Gasteiger partial charge in [-0.25, -0.2) is 0 Å². The molecule has 0 amide bonds. The topological polar surface area (TPSA) is 25.2 Å². The predicted molar refractivity (Wildman–Crippen MR) is 77.1 cm³/mol. The lowest BCUT2D eigenvalue weighted by Crippen LogP contribution is -2.37. The molecule has 2 nitrogen and oxygen atoms in total. The summed E-state index contributed by atoms with van der Waals surface area (Å²) in [5, 5.41) is 4.78. The Kier molecular flexibility index (Phi) is 3.49. The van der Waals surface area contributed by atoms with Gasteiger partial charge in [-0.2, -0.15) is 0 Å². The average Bonchev–Trinajstić information content (AvgIpc) is 2.60. The van der Waals surface area contributed by atoms with Crippen molar-refractivity contribution in [3.05, 3.63) is 35.1 Å². The van der Waals surface area contributed by atoms with E-state index < -0.39 is 0 Å². The zero-order valence-electron chi connectivity index (χ0n) is 12.1. The van der Waals surface area contributed by atoms with Crippen LogP contribution in [0.2, 0.25) is 0 Å². The van der Waals surface area contributed by atoms with E-state index in [0.29, 0.717) is 0 Å². The van der Waals surface area contributed by atoms with E-state index in [9.17, 15) is 0 Å². The van der Waals surface area contributed by atoms with Crippen molar-refractivity contribution in [2.24, 2.45) is 0 Å². The summed E-state index contributed by atoms with van der Waals surface area (Å²) >= 11 is 0. The Morgan fingerprint density at radius 3 is 2.56 bits per heavy atom. The van der Waals surface area contributed by atoms with E-state index in [2.05, 4.69) is 52.1 Å². The van der Waals surface area contributed by atoms with Crippen molar-refractivity contribution in [1.29, 1.82) is 0 Å². The SMILES string of the molecule is Cc1cc(C)c2occ(CCNC(C)(C)C)c2c1. The summed E-state index contributed by atoms with van der Waals surface area (Å²) < 4.78 is 5.69. The van der Waals surface area contributed by atoms with Crippen molar-refractivity contribution in [2.45, 2.75) is 46.6 Å². The molecular weight excluding hydrogens is 222 g/mol. The summed E-state index contributed by atoms with van der Waals surface area (Å²) in [6.07, 6.45) is 2.91. The maximum Gasteiger partial charge on any atom is 0.137 e. The molecule has 1 N–H and O–H groups in total. The largest absolute Gasteiger partial charge is 0.464 e. The number of aryl methyl sites for hydroxylation is 2. The van der Waals surface area contributed by atoms with Gasteiger partial charge in [0.15, 0.2) is 0 Å². The van der Waals surface area contributed by atoms with E-state index in [-0.39, 0.29) is 5.54 Å². The predicted octanol–water partition coefficient (Wildman–Crippen LogP) is 3.98. The highest BCUT2D eigenvalue weighted by Crippen LogP contribution is 2.26. The normalized spacial score (nSPS) is 12.3. The van der Waals surface area contributed by atoms with E-state index >= 15 is 0 Å². The zero-order valence-corrected chi connectivity index (χ0v) is 12.1. The fraction of sp³-hybridized carbons (Fsp3) is 0.500. The molecule has 0 atom stereocenters. The number of nitrogens with one attached hydrogen (secondary N) is 1. The number of hydrogen-bond acceptors (Lipinski definition) is 2. The molecule has 2 heteroatoms. The number of benzene rings is 1. The number of fused-ring (bicyclic) bond motifs is 1. The second-order valence-electron chi connectivity index (χ2n) is 6.15. The average molecular weight is 245 g/mol. The van der Waals surface area contributed by atoms with Crippen molar-refractivity contribution in [2.75, 3.05) is 6.54 Å². The van der Waals surface area contributed by atoms with E-state index in [1.165, 1.54) is 22.1 Å². The fourth-order valence-corrected chi connectivity index (χ4v) is 2.31. The van der Waals surface area contributed by atoms with Crippen LogP contribution >= 0.6 is 0 Å². The van der Waals surface area contributed by atoms with Gasteiger partial charge in [0.1, 0.15) is 5.58 Å². The molecule has 1 aromatic heterocycles. The van der Waals surface area contributed by atoms with Crippen LogP contribution in [0.3, 0.4) is 0 Å². The summed E-state index contributed by atoms with van der Waals surface area (Å²) in [5.41, 5.74) is 5.03. The molecule has 0 spiro atoms. The number of hydrogen-bond donors (Lipinski definition) is 1. The third kappa shape index (κ3) is 2.94. The Bertz CT molecular complexity index is 546. The van der Waals surface area contributed by atoms with Gasteiger partial charge >= 0.3 is 0 Å². The first-order chi connectivity index (χ1) is 8.37. The molecule has 0 saturated heterocycles. The van der Waals surface area contributed by atoms with Gasteiger partial charge in [-0.15, -0.1) is 0 Å². The highest BCUT2D eigenvalue weighted by molar-refractivity contribution is 5.84. The molecule has 18 heavy (non-hydrogen) atoms. The molecule has 1 aromatic carbocycles. The number of furan rings is 1. The molecule has 0 saturated carbocycles. The first kappa shape index (κ1) is 13.2. The minimum Gasteiger partial charge on any atom is -0.464 e. The lowest BCUT2D eigenvalue weighted by atomic mass is 10.0. The third-order valence-corrected chi connectivity index (χ3v) is 3.13. The van der Waals surface area contributed by atoms with Crippen molar-refractivity contribution >= 4 is 11.0 Å². The van der Waals surface area contributed by atoms with Crippen LogP contribution in [0.1, 0.15) is 37.5 Å². The van der Waals surface area contributed by atoms with Crippen molar-refractivity contribution < 1.29 is 4.42 Å². The number of rotatable bonds is 3.